The number of hydrogen-bond donors (Lipinski definition) is 1. The number of ether oxygens (including phenoxy) is 2. The van der Waals surface area contributed by atoms with Crippen LogP contribution in [0, 0.1) is 5.82 Å². The number of amides is 1. The number of rotatable bonds is 5. The highest BCUT2D eigenvalue weighted by Gasteiger charge is 2.23. The van der Waals surface area contributed by atoms with E-state index in [1.807, 2.05) is 18.2 Å². The topological polar surface area (TPSA) is 79.8 Å². The van der Waals surface area contributed by atoms with Gasteiger partial charge < -0.3 is 24.6 Å². The molecule has 3 aromatic rings. The number of nitrogens with one attached hydrogen (secondary N) is 1. The van der Waals surface area contributed by atoms with Gasteiger partial charge in [0.25, 0.3) is 5.91 Å². The molecule has 1 fully saturated rings. The van der Waals surface area contributed by atoms with Crippen LogP contribution in [0.5, 0.6) is 11.5 Å². The molecule has 0 aliphatic carbocycles. The van der Waals surface area contributed by atoms with Gasteiger partial charge in [-0.2, -0.15) is 0 Å². The monoisotopic (exact) mass is 449 g/mol. The van der Waals surface area contributed by atoms with Crippen molar-refractivity contribution in [1.29, 1.82) is 0 Å². The Labute approximate surface area is 191 Å². The van der Waals surface area contributed by atoms with Crippen molar-refractivity contribution in [1.82, 2.24) is 20.2 Å². The first-order valence-electron chi connectivity index (χ1n) is 10.8. The van der Waals surface area contributed by atoms with Crippen LogP contribution in [0.15, 0.2) is 48.7 Å². The predicted molar refractivity (Wildman–Crippen MR) is 121 cm³/mol. The van der Waals surface area contributed by atoms with Gasteiger partial charge in [0.2, 0.25) is 6.79 Å². The van der Waals surface area contributed by atoms with Crippen LogP contribution in [0.25, 0.3) is 11.4 Å². The molecule has 0 radical (unpaired) electrons. The molecule has 1 N–H and O–H groups in total. The Kier molecular flexibility index (Phi) is 5.78. The van der Waals surface area contributed by atoms with E-state index in [9.17, 15) is 9.18 Å². The van der Waals surface area contributed by atoms with Gasteiger partial charge in [0.1, 0.15) is 17.2 Å². The molecule has 0 bridgehead atoms. The van der Waals surface area contributed by atoms with Gasteiger partial charge in [0.05, 0.1) is 0 Å². The van der Waals surface area contributed by atoms with Crippen LogP contribution in [0.4, 0.5) is 10.2 Å². The van der Waals surface area contributed by atoms with Crippen molar-refractivity contribution in [3.8, 4) is 22.9 Å². The third-order valence-electron chi connectivity index (χ3n) is 5.81. The number of nitrogens with zero attached hydrogens (tertiary/aromatic N) is 4. The Bertz CT molecular complexity index is 1160. The molecule has 5 rings (SSSR count). The minimum absolute atomic E-state index is 0.206. The molecule has 8 nitrogen and oxygen atoms in total. The number of hydrogen-bond acceptors (Lipinski definition) is 7. The van der Waals surface area contributed by atoms with Gasteiger partial charge >= 0.3 is 0 Å². The van der Waals surface area contributed by atoms with Crippen molar-refractivity contribution in [3.63, 3.8) is 0 Å². The molecular formula is C24H24FN5O3. The van der Waals surface area contributed by atoms with Crippen LogP contribution in [0.1, 0.15) is 15.9 Å². The molecule has 1 saturated heterocycles. The van der Waals surface area contributed by atoms with Crippen LogP contribution in [-0.2, 0) is 6.54 Å². The number of benzene rings is 2. The van der Waals surface area contributed by atoms with Gasteiger partial charge in [-0.15, -0.1) is 0 Å². The van der Waals surface area contributed by atoms with Crippen LogP contribution >= 0.6 is 0 Å². The number of fused-ring (bicyclic) bond motifs is 1. The zero-order chi connectivity index (χ0) is 22.8. The third kappa shape index (κ3) is 4.58. The fourth-order valence-corrected chi connectivity index (χ4v) is 3.86. The van der Waals surface area contributed by atoms with E-state index in [1.165, 1.54) is 12.1 Å². The fraction of sp³-hybridized carbons (Fsp3) is 0.292. The van der Waals surface area contributed by atoms with Crippen molar-refractivity contribution in [2.24, 2.45) is 0 Å². The standard InChI is InChI=1S/C24H24FN5O3/c1-29-8-10-30(11-9-29)23-19(14-26-22(28-23)17-3-5-18(25)6-4-17)24(31)27-13-16-2-7-20-21(12-16)33-15-32-20/h2-7,12,14H,8-11,13,15H2,1H3,(H,27,31). The second-order valence-electron chi connectivity index (χ2n) is 8.10. The molecule has 0 atom stereocenters. The summed E-state index contributed by atoms with van der Waals surface area (Å²) in [6, 6.07) is 11.6. The zero-order valence-corrected chi connectivity index (χ0v) is 18.3. The highest BCUT2D eigenvalue weighted by atomic mass is 19.1. The molecule has 0 unspecified atom stereocenters. The molecule has 2 aromatic carbocycles. The van der Waals surface area contributed by atoms with Crippen LogP contribution in [0.2, 0.25) is 0 Å². The average molecular weight is 449 g/mol. The Balaban J connectivity index is 1.40. The van der Waals surface area contributed by atoms with Gasteiger partial charge in [-0.25, -0.2) is 14.4 Å². The van der Waals surface area contributed by atoms with E-state index in [0.29, 0.717) is 40.8 Å². The summed E-state index contributed by atoms with van der Waals surface area (Å²) >= 11 is 0. The molecule has 3 heterocycles. The van der Waals surface area contributed by atoms with Gasteiger partial charge in [-0.3, -0.25) is 4.79 Å². The lowest BCUT2D eigenvalue weighted by atomic mass is 10.1. The Morgan fingerprint density at radius 1 is 1.06 bits per heavy atom. The minimum Gasteiger partial charge on any atom is -0.454 e. The molecule has 2 aliphatic heterocycles. The molecular weight excluding hydrogens is 425 g/mol. The van der Waals surface area contributed by atoms with Gasteiger partial charge in [-0.05, 0) is 49.0 Å². The van der Waals surface area contributed by atoms with Crippen molar-refractivity contribution in [2.75, 3.05) is 44.9 Å². The summed E-state index contributed by atoms with van der Waals surface area (Å²) < 4.78 is 24.1. The van der Waals surface area contributed by atoms with E-state index >= 15 is 0 Å². The molecule has 1 amide bonds. The summed E-state index contributed by atoms with van der Waals surface area (Å²) in [4.78, 5) is 26.6. The number of anilines is 1. The van der Waals surface area contributed by atoms with Gasteiger partial charge in [0.15, 0.2) is 17.3 Å². The first-order valence-corrected chi connectivity index (χ1v) is 10.8. The van der Waals surface area contributed by atoms with Crippen LogP contribution < -0.4 is 19.7 Å². The van der Waals surface area contributed by atoms with E-state index < -0.39 is 0 Å². The normalized spacial score (nSPS) is 15.5. The highest BCUT2D eigenvalue weighted by Crippen LogP contribution is 2.32. The quantitative estimate of drug-likeness (QED) is 0.642. The summed E-state index contributed by atoms with van der Waals surface area (Å²) in [7, 11) is 2.07. The number of carbonyl (C=O) groups is 1. The van der Waals surface area contributed by atoms with E-state index in [4.69, 9.17) is 14.5 Å². The highest BCUT2D eigenvalue weighted by molar-refractivity contribution is 5.99. The van der Waals surface area contributed by atoms with E-state index in [2.05, 4.69) is 27.1 Å². The zero-order valence-electron chi connectivity index (χ0n) is 18.3. The van der Waals surface area contributed by atoms with Crippen molar-refractivity contribution >= 4 is 11.7 Å². The minimum atomic E-state index is -0.322. The molecule has 9 heteroatoms. The first-order chi connectivity index (χ1) is 16.1. The number of likely N-dealkylation sites (N-methyl/N-ethyl adjacent to an activating group) is 1. The molecule has 0 spiro atoms. The summed E-state index contributed by atoms with van der Waals surface area (Å²) in [5.74, 6) is 1.83. The number of aromatic nitrogens is 2. The fourth-order valence-electron chi connectivity index (χ4n) is 3.86. The Hall–Kier alpha value is -3.72. The second kappa shape index (κ2) is 9.03. The number of halogens is 1. The maximum Gasteiger partial charge on any atom is 0.256 e. The lowest BCUT2D eigenvalue weighted by molar-refractivity contribution is 0.0950. The Morgan fingerprint density at radius 3 is 2.61 bits per heavy atom. The second-order valence-corrected chi connectivity index (χ2v) is 8.10. The largest absolute Gasteiger partial charge is 0.454 e. The predicted octanol–water partition coefficient (Wildman–Crippen LogP) is 2.69. The average Bonchev–Trinajstić information content (AvgIpc) is 3.31. The lowest BCUT2D eigenvalue weighted by Gasteiger charge is -2.34. The summed E-state index contributed by atoms with van der Waals surface area (Å²) in [6.07, 6.45) is 1.55. The SMILES string of the molecule is CN1CCN(c2nc(-c3ccc(F)cc3)ncc2C(=O)NCc2ccc3c(c2)OCO3)CC1. The van der Waals surface area contributed by atoms with Gasteiger partial charge in [-0.1, -0.05) is 6.07 Å². The maximum absolute atomic E-state index is 13.4. The van der Waals surface area contributed by atoms with Crippen molar-refractivity contribution in [3.05, 3.63) is 65.6 Å². The number of carbonyl (C=O) groups excluding carboxylic acids is 1. The van der Waals surface area contributed by atoms with E-state index in [-0.39, 0.29) is 18.5 Å². The van der Waals surface area contributed by atoms with Crippen molar-refractivity contribution < 1.29 is 18.7 Å². The number of piperazine rings is 1. The summed E-state index contributed by atoms with van der Waals surface area (Å²) in [5.41, 5.74) is 2.00. The Morgan fingerprint density at radius 2 is 1.82 bits per heavy atom. The van der Waals surface area contributed by atoms with Gasteiger partial charge in [0, 0.05) is 44.5 Å². The third-order valence-corrected chi connectivity index (χ3v) is 5.81. The molecule has 0 saturated carbocycles. The molecule has 170 valence electrons. The molecule has 1 aromatic heterocycles. The first kappa shape index (κ1) is 21.1. The molecule has 2 aliphatic rings. The maximum atomic E-state index is 13.4. The lowest BCUT2D eigenvalue weighted by Crippen LogP contribution is -2.45. The van der Waals surface area contributed by atoms with E-state index in [1.54, 1.807) is 18.3 Å². The van der Waals surface area contributed by atoms with E-state index in [0.717, 1.165) is 31.7 Å². The van der Waals surface area contributed by atoms with Crippen LogP contribution in [0.3, 0.4) is 0 Å². The molecule has 33 heavy (non-hydrogen) atoms. The van der Waals surface area contributed by atoms with Crippen molar-refractivity contribution in [2.45, 2.75) is 6.54 Å². The summed E-state index contributed by atoms with van der Waals surface area (Å²) in [6.45, 7) is 3.77. The summed E-state index contributed by atoms with van der Waals surface area (Å²) in [5, 5.41) is 2.96. The van der Waals surface area contributed by atoms with Crippen LogP contribution in [-0.4, -0.2) is 60.8 Å². The smallest absolute Gasteiger partial charge is 0.256 e.